The minimum absolute atomic E-state index is 0.0250. The summed E-state index contributed by atoms with van der Waals surface area (Å²) in [6.07, 6.45) is 17.9. The minimum atomic E-state index is -0.188. The summed E-state index contributed by atoms with van der Waals surface area (Å²) in [6.45, 7) is 5.69. The van der Waals surface area contributed by atoms with Crippen LogP contribution >= 0.6 is 0 Å². The zero-order valence-corrected chi connectivity index (χ0v) is 15.9. The Bertz CT molecular complexity index is 268. The zero-order valence-electron chi connectivity index (χ0n) is 15.9. The van der Waals surface area contributed by atoms with Gasteiger partial charge in [-0.15, -0.1) is 0 Å². The predicted octanol–water partition coefficient (Wildman–Crippen LogP) is 5.75. The summed E-state index contributed by atoms with van der Waals surface area (Å²) in [6, 6.07) is 0.313. The molecule has 0 aliphatic heterocycles. The summed E-state index contributed by atoms with van der Waals surface area (Å²) in [4.78, 5) is 10.8. The fourth-order valence-electron chi connectivity index (χ4n) is 3.05. The fraction of sp³-hybridized carbons (Fsp3) is 0.950. The van der Waals surface area contributed by atoms with Gasteiger partial charge in [-0.3, -0.25) is 4.79 Å². The number of hydrogen-bond donors (Lipinski definition) is 1. The molecule has 0 saturated carbocycles. The van der Waals surface area contributed by atoms with E-state index in [-0.39, 0.29) is 12.1 Å². The van der Waals surface area contributed by atoms with Gasteiger partial charge >= 0.3 is 5.97 Å². The van der Waals surface area contributed by atoms with E-state index < -0.39 is 0 Å². The van der Waals surface area contributed by atoms with E-state index in [9.17, 15) is 4.79 Å². The first-order valence-corrected chi connectivity index (χ1v) is 9.99. The van der Waals surface area contributed by atoms with Gasteiger partial charge in [0.15, 0.2) is 0 Å². The van der Waals surface area contributed by atoms with Crippen LogP contribution in [0.15, 0.2) is 0 Å². The Balaban J connectivity index is 3.27. The van der Waals surface area contributed by atoms with Crippen LogP contribution in [0.1, 0.15) is 111 Å². The molecule has 0 bridgehead atoms. The van der Waals surface area contributed by atoms with Crippen molar-refractivity contribution in [3.05, 3.63) is 0 Å². The zero-order chi connectivity index (χ0) is 17.3. The van der Waals surface area contributed by atoms with E-state index in [0.29, 0.717) is 6.04 Å². The average molecular weight is 328 g/mol. The SMILES string of the molecule is CCCCCCCCCCCCC(N)CCCC(C)OC(C)=O. The van der Waals surface area contributed by atoms with Crippen LogP contribution in [0.3, 0.4) is 0 Å². The predicted molar refractivity (Wildman–Crippen MR) is 99.5 cm³/mol. The van der Waals surface area contributed by atoms with Crippen molar-refractivity contribution < 1.29 is 9.53 Å². The van der Waals surface area contributed by atoms with Crippen molar-refractivity contribution in [3.63, 3.8) is 0 Å². The summed E-state index contributed by atoms with van der Waals surface area (Å²) < 4.78 is 5.12. The van der Waals surface area contributed by atoms with Crippen LogP contribution in [0.25, 0.3) is 0 Å². The molecule has 3 nitrogen and oxygen atoms in total. The summed E-state index contributed by atoms with van der Waals surface area (Å²) in [5.74, 6) is -0.188. The lowest BCUT2D eigenvalue weighted by molar-refractivity contribution is -0.145. The summed E-state index contributed by atoms with van der Waals surface area (Å²) in [7, 11) is 0. The van der Waals surface area contributed by atoms with E-state index >= 15 is 0 Å². The molecule has 0 aromatic carbocycles. The third-order valence-corrected chi connectivity index (χ3v) is 4.48. The molecule has 0 spiro atoms. The molecule has 0 heterocycles. The lowest BCUT2D eigenvalue weighted by atomic mass is 10.0. The molecule has 0 aliphatic rings. The Morgan fingerprint density at radius 1 is 0.826 bits per heavy atom. The smallest absolute Gasteiger partial charge is 0.302 e. The van der Waals surface area contributed by atoms with E-state index in [4.69, 9.17) is 10.5 Å². The lowest BCUT2D eigenvalue weighted by Crippen LogP contribution is -2.20. The quantitative estimate of drug-likeness (QED) is 0.290. The van der Waals surface area contributed by atoms with Gasteiger partial charge < -0.3 is 10.5 Å². The molecule has 0 saturated heterocycles. The van der Waals surface area contributed by atoms with Crippen molar-refractivity contribution in [2.45, 2.75) is 123 Å². The van der Waals surface area contributed by atoms with Gasteiger partial charge in [0.1, 0.15) is 0 Å². The van der Waals surface area contributed by atoms with Crippen molar-refractivity contribution in [2.75, 3.05) is 0 Å². The molecule has 0 fully saturated rings. The van der Waals surface area contributed by atoms with Gasteiger partial charge in [0, 0.05) is 13.0 Å². The van der Waals surface area contributed by atoms with Crippen molar-refractivity contribution in [1.82, 2.24) is 0 Å². The molecular weight excluding hydrogens is 286 g/mol. The van der Waals surface area contributed by atoms with Crippen molar-refractivity contribution in [1.29, 1.82) is 0 Å². The van der Waals surface area contributed by atoms with Gasteiger partial charge in [-0.25, -0.2) is 0 Å². The van der Waals surface area contributed by atoms with Crippen LogP contribution in [0.2, 0.25) is 0 Å². The second-order valence-corrected chi connectivity index (χ2v) is 7.08. The third kappa shape index (κ3) is 17.6. The van der Waals surface area contributed by atoms with Crippen molar-refractivity contribution >= 4 is 5.97 Å². The van der Waals surface area contributed by atoms with Crippen LogP contribution in [-0.2, 0) is 9.53 Å². The Hall–Kier alpha value is -0.570. The van der Waals surface area contributed by atoms with Gasteiger partial charge in [-0.1, -0.05) is 71.1 Å². The number of unbranched alkanes of at least 4 members (excludes halogenated alkanes) is 9. The fourth-order valence-corrected chi connectivity index (χ4v) is 3.05. The molecule has 0 amide bonds. The minimum Gasteiger partial charge on any atom is -0.463 e. The Labute approximate surface area is 144 Å². The maximum absolute atomic E-state index is 10.8. The van der Waals surface area contributed by atoms with Gasteiger partial charge in [0.2, 0.25) is 0 Å². The highest BCUT2D eigenvalue weighted by Crippen LogP contribution is 2.14. The third-order valence-electron chi connectivity index (χ3n) is 4.48. The lowest BCUT2D eigenvalue weighted by Gasteiger charge is -2.14. The van der Waals surface area contributed by atoms with E-state index in [1.165, 1.54) is 71.1 Å². The maximum atomic E-state index is 10.8. The van der Waals surface area contributed by atoms with Gasteiger partial charge in [-0.05, 0) is 32.6 Å². The Morgan fingerprint density at radius 3 is 1.83 bits per heavy atom. The first-order valence-electron chi connectivity index (χ1n) is 9.99. The molecule has 0 rings (SSSR count). The largest absolute Gasteiger partial charge is 0.463 e. The molecule has 2 atom stereocenters. The number of carbonyl (C=O) groups excluding carboxylic acids is 1. The van der Waals surface area contributed by atoms with Gasteiger partial charge in [0.25, 0.3) is 0 Å². The number of rotatable bonds is 16. The van der Waals surface area contributed by atoms with Crippen LogP contribution in [0.4, 0.5) is 0 Å². The average Bonchev–Trinajstić information content (AvgIpc) is 2.48. The summed E-state index contributed by atoms with van der Waals surface area (Å²) in [5.41, 5.74) is 6.16. The van der Waals surface area contributed by atoms with Gasteiger partial charge in [-0.2, -0.15) is 0 Å². The van der Waals surface area contributed by atoms with Gasteiger partial charge in [0.05, 0.1) is 6.10 Å². The molecule has 138 valence electrons. The second-order valence-electron chi connectivity index (χ2n) is 7.08. The Morgan fingerprint density at radius 2 is 1.30 bits per heavy atom. The highest BCUT2D eigenvalue weighted by Gasteiger charge is 2.07. The van der Waals surface area contributed by atoms with Crippen LogP contribution < -0.4 is 5.73 Å². The Kier molecular flexibility index (Phi) is 15.9. The van der Waals surface area contributed by atoms with Crippen LogP contribution in [0.5, 0.6) is 0 Å². The molecule has 3 heteroatoms. The molecule has 0 aliphatic carbocycles. The van der Waals surface area contributed by atoms with Crippen LogP contribution in [-0.4, -0.2) is 18.1 Å². The first kappa shape index (κ1) is 22.4. The number of nitrogens with two attached hydrogens (primary N) is 1. The molecule has 0 radical (unpaired) electrons. The topological polar surface area (TPSA) is 52.3 Å². The normalized spacial score (nSPS) is 13.7. The molecule has 0 aromatic rings. The molecule has 2 N–H and O–H groups in total. The van der Waals surface area contributed by atoms with E-state index in [2.05, 4.69) is 6.92 Å². The highest BCUT2D eigenvalue weighted by atomic mass is 16.5. The second kappa shape index (κ2) is 16.3. The van der Waals surface area contributed by atoms with E-state index in [1.54, 1.807) is 0 Å². The number of esters is 1. The summed E-state index contributed by atoms with van der Waals surface area (Å²) in [5, 5.41) is 0. The van der Waals surface area contributed by atoms with Crippen molar-refractivity contribution in [2.24, 2.45) is 5.73 Å². The standard InChI is InChI=1S/C20H41NO2/c1-4-5-6-7-8-9-10-11-12-13-16-20(21)17-14-15-18(2)23-19(3)22/h18,20H,4-17,21H2,1-3H3. The number of carbonyl (C=O) groups is 1. The van der Waals surface area contributed by atoms with Crippen LogP contribution in [0, 0.1) is 0 Å². The number of ether oxygens (including phenoxy) is 1. The molecule has 2 unspecified atom stereocenters. The van der Waals surface area contributed by atoms with Crippen molar-refractivity contribution in [3.8, 4) is 0 Å². The van der Waals surface area contributed by atoms with E-state index in [0.717, 1.165) is 25.7 Å². The maximum Gasteiger partial charge on any atom is 0.302 e. The number of hydrogen-bond acceptors (Lipinski definition) is 3. The highest BCUT2D eigenvalue weighted by molar-refractivity contribution is 5.66. The molecule has 23 heavy (non-hydrogen) atoms. The monoisotopic (exact) mass is 327 g/mol. The molecular formula is C20H41NO2. The molecule has 0 aromatic heterocycles. The van der Waals surface area contributed by atoms with E-state index in [1.807, 2.05) is 6.92 Å². The first-order chi connectivity index (χ1) is 11.1. The summed E-state index contributed by atoms with van der Waals surface area (Å²) >= 11 is 0.